The molecule has 0 radical (unpaired) electrons. The highest BCUT2D eigenvalue weighted by atomic mass is 16.5. The Labute approximate surface area is 161 Å². The number of amides is 1. The van der Waals surface area contributed by atoms with Gasteiger partial charge in [-0.25, -0.2) is 4.99 Å². The van der Waals surface area contributed by atoms with E-state index < -0.39 is 0 Å². The second kappa shape index (κ2) is 12.4. The summed E-state index contributed by atoms with van der Waals surface area (Å²) < 4.78 is 5.66. The molecule has 1 amide bonds. The predicted molar refractivity (Wildman–Crippen MR) is 109 cm³/mol. The molecule has 6 nitrogen and oxygen atoms in total. The first kappa shape index (κ1) is 20.3. The highest BCUT2D eigenvalue weighted by Gasteiger charge is 2.02. The SMILES string of the molecule is CCNC(=NCC(=O)NCc1ccccc1)NCCCOc1ccccc1. The summed E-state index contributed by atoms with van der Waals surface area (Å²) in [5.41, 5.74) is 1.07. The van der Waals surface area contributed by atoms with Crippen LogP contribution < -0.4 is 20.7 Å². The summed E-state index contributed by atoms with van der Waals surface area (Å²) in [6.45, 7) is 4.65. The van der Waals surface area contributed by atoms with E-state index in [0.717, 1.165) is 24.3 Å². The number of rotatable bonds is 10. The Morgan fingerprint density at radius 2 is 1.67 bits per heavy atom. The minimum Gasteiger partial charge on any atom is -0.494 e. The Morgan fingerprint density at radius 1 is 0.963 bits per heavy atom. The fourth-order valence-corrected chi connectivity index (χ4v) is 2.33. The molecule has 2 aromatic carbocycles. The van der Waals surface area contributed by atoms with Crippen molar-refractivity contribution in [3.63, 3.8) is 0 Å². The molecular weight excluding hydrogens is 340 g/mol. The van der Waals surface area contributed by atoms with Crippen LogP contribution in [-0.4, -0.2) is 38.1 Å². The number of nitrogens with one attached hydrogen (secondary N) is 3. The monoisotopic (exact) mass is 368 g/mol. The van der Waals surface area contributed by atoms with Crippen molar-refractivity contribution in [1.29, 1.82) is 0 Å². The molecule has 0 saturated carbocycles. The molecule has 0 aliphatic heterocycles. The number of para-hydroxylation sites is 1. The van der Waals surface area contributed by atoms with E-state index in [-0.39, 0.29) is 12.5 Å². The van der Waals surface area contributed by atoms with E-state index in [2.05, 4.69) is 20.9 Å². The molecule has 0 heterocycles. The lowest BCUT2D eigenvalue weighted by Crippen LogP contribution is -2.39. The van der Waals surface area contributed by atoms with Gasteiger partial charge in [0, 0.05) is 19.6 Å². The summed E-state index contributed by atoms with van der Waals surface area (Å²) in [6.07, 6.45) is 0.833. The predicted octanol–water partition coefficient (Wildman–Crippen LogP) is 2.33. The molecule has 27 heavy (non-hydrogen) atoms. The van der Waals surface area contributed by atoms with Crippen molar-refractivity contribution in [2.45, 2.75) is 19.9 Å². The minimum atomic E-state index is -0.108. The Hall–Kier alpha value is -3.02. The van der Waals surface area contributed by atoms with Crippen molar-refractivity contribution in [2.75, 3.05) is 26.2 Å². The maximum Gasteiger partial charge on any atom is 0.242 e. The molecule has 0 fully saturated rings. The van der Waals surface area contributed by atoms with Gasteiger partial charge >= 0.3 is 0 Å². The van der Waals surface area contributed by atoms with Crippen molar-refractivity contribution in [3.8, 4) is 5.75 Å². The number of hydrogen-bond acceptors (Lipinski definition) is 3. The number of ether oxygens (including phenoxy) is 1. The van der Waals surface area contributed by atoms with Crippen LogP contribution in [-0.2, 0) is 11.3 Å². The third kappa shape index (κ3) is 8.76. The second-order valence-corrected chi connectivity index (χ2v) is 5.90. The van der Waals surface area contributed by atoms with Gasteiger partial charge in [0.15, 0.2) is 5.96 Å². The van der Waals surface area contributed by atoms with E-state index in [1.54, 1.807) is 0 Å². The maximum absolute atomic E-state index is 12.0. The molecule has 6 heteroatoms. The first-order chi connectivity index (χ1) is 13.3. The van der Waals surface area contributed by atoms with Crippen molar-refractivity contribution in [3.05, 3.63) is 66.2 Å². The zero-order chi connectivity index (χ0) is 19.2. The molecular formula is C21H28N4O2. The van der Waals surface area contributed by atoms with Crippen LogP contribution in [0.15, 0.2) is 65.7 Å². The summed E-state index contributed by atoms with van der Waals surface area (Å²) in [7, 11) is 0. The molecule has 0 aromatic heterocycles. The molecule has 0 bridgehead atoms. The van der Waals surface area contributed by atoms with Gasteiger partial charge in [-0.15, -0.1) is 0 Å². The topological polar surface area (TPSA) is 74.8 Å². The van der Waals surface area contributed by atoms with Gasteiger partial charge in [-0.2, -0.15) is 0 Å². The van der Waals surface area contributed by atoms with Gasteiger partial charge in [0.05, 0.1) is 6.61 Å². The molecule has 3 N–H and O–H groups in total. The fraction of sp³-hybridized carbons (Fsp3) is 0.333. The van der Waals surface area contributed by atoms with Gasteiger partial charge in [-0.05, 0) is 31.0 Å². The van der Waals surface area contributed by atoms with Crippen LogP contribution in [0.1, 0.15) is 18.9 Å². The Balaban J connectivity index is 1.65. The first-order valence-electron chi connectivity index (χ1n) is 9.28. The van der Waals surface area contributed by atoms with E-state index in [4.69, 9.17) is 4.74 Å². The Bertz CT molecular complexity index is 690. The lowest BCUT2D eigenvalue weighted by Gasteiger charge is -2.12. The van der Waals surface area contributed by atoms with Gasteiger partial charge in [-0.3, -0.25) is 4.79 Å². The largest absolute Gasteiger partial charge is 0.494 e. The highest BCUT2D eigenvalue weighted by molar-refractivity contribution is 5.84. The van der Waals surface area contributed by atoms with Crippen molar-refractivity contribution in [2.24, 2.45) is 4.99 Å². The normalized spacial score (nSPS) is 10.9. The molecule has 0 unspecified atom stereocenters. The zero-order valence-electron chi connectivity index (χ0n) is 15.8. The lowest BCUT2D eigenvalue weighted by molar-refractivity contribution is -0.119. The summed E-state index contributed by atoms with van der Waals surface area (Å²) in [4.78, 5) is 16.3. The molecule has 2 aromatic rings. The highest BCUT2D eigenvalue weighted by Crippen LogP contribution is 2.07. The maximum atomic E-state index is 12.0. The minimum absolute atomic E-state index is 0.0860. The fourth-order valence-electron chi connectivity index (χ4n) is 2.33. The molecule has 0 aliphatic carbocycles. The van der Waals surface area contributed by atoms with Crippen LogP contribution in [0.25, 0.3) is 0 Å². The number of benzene rings is 2. The Morgan fingerprint density at radius 3 is 2.37 bits per heavy atom. The van der Waals surface area contributed by atoms with Crippen LogP contribution >= 0.6 is 0 Å². The standard InChI is InChI=1S/C21H28N4O2/c1-2-22-21(23-14-9-15-27-19-12-7-4-8-13-19)25-17-20(26)24-16-18-10-5-3-6-11-18/h3-8,10-13H,2,9,14-17H2,1H3,(H,24,26)(H2,22,23,25). The summed E-state index contributed by atoms with van der Waals surface area (Å²) in [6, 6.07) is 19.6. The van der Waals surface area contributed by atoms with E-state index in [1.807, 2.05) is 67.6 Å². The number of carbonyl (C=O) groups excluding carboxylic acids is 1. The number of aliphatic imine (C=N–C) groups is 1. The average molecular weight is 368 g/mol. The van der Waals surface area contributed by atoms with Gasteiger partial charge < -0.3 is 20.7 Å². The number of nitrogens with zero attached hydrogens (tertiary/aromatic N) is 1. The first-order valence-corrected chi connectivity index (χ1v) is 9.28. The number of carbonyl (C=O) groups is 1. The second-order valence-electron chi connectivity index (χ2n) is 5.90. The Kier molecular flexibility index (Phi) is 9.28. The lowest BCUT2D eigenvalue weighted by atomic mass is 10.2. The number of guanidine groups is 1. The molecule has 0 spiro atoms. The van der Waals surface area contributed by atoms with Gasteiger partial charge in [0.2, 0.25) is 5.91 Å². The van der Waals surface area contributed by atoms with E-state index in [9.17, 15) is 4.79 Å². The van der Waals surface area contributed by atoms with E-state index in [1.165, 1.54) is 0 Å². The summed E-state index contributed by atoms with van der Waals surface area (Å²) in [5.74, 6) is 1.39. The van der Waals surface area contributed by atoms with Crippen molar-refractivity contribution >= 4 is 11.9 Å². The van der Waals surface area contributed by atoms with Crippen LogP contribution in [0, 0.1) is 0 Å². The van der Waals surface area contributed by atoms with E-state index >= 15 is 0 Å². The zero-order valence-corrected chi connectivity index (χ0v) is 15.8. The van der Waals surface area contributed by atoms with Crippen LogP contribution in [0.4, 0.5) is 0 Å². The van der Waals surface area contributed by atoms with Crippen LogP contribution in [0.2, 0.25) is 0 Å². The van der Waals surface area contributed by atoms with Crippen molar-refractivity contribution in [1.82, 2.24) is 16.0 Å². The number of hydrogen-bond donors (Lipinski definition) is 3. The van der Waals surface area contributed by atoms with Crippen LogP contribution in [0.5, 0.6) is 5.75 Å². The summed E-state index contributed by atoms with van der Waals surface area (Å²) in [5, 5.41) is 9.22. The third-order valence-electron chi connectivity index (χ3n) is 3.68. The molecule has 2 rings (SSSR count). The molecule has 0 aliphatic rings. The van der Waals surface area contributed by atoms with Gasteiger partial charge in [0.1, 0.15) is 12.3 Å². The average Bonchev–Trinajstić information content (AvgIpc) is 2.71. The van der Waals surface area contributed by atoms with E-state index in [0.29, 0.717) is 25.7 Å². The van der Waals surface area contributed by atoms with Gasteiger partial charge in [0.25, 0.3) is 0 Å². The molecule has 0 atom stereocenters. The molecule has 144 valence electrons. The van der Waals surface area contributed by atoms with Crippen LogP contribution in [0.3, 0.4) is 0 Å². The van der Waals surface area contributed by atoms with Crippen molar-refractivity contribution < 1.29 is 9.53 Å². The molecule has 0 saturated heterocycles. The smallest absolute Gasteiger partial charge is 0.242 e. The quantitative estimate of drug-likeness (QED) is 0.342. The third-order valence-corrected chi connectivity index (χ3v) is 3.68. The van der Waals surface area contributed by atoms with Gasteiger partial charge in [-0.1, -0.05) is 48.5 Å². The summed E-state index contributed by atoms with van der Waals surface area (Å²) >= 11 is 0.